The maximum Gasteiger partial charge on any atom is 0.471 e. The molecule has 0 spiro atoms. The number of aliphatic hydroxyl groups excluding tert-OH is 1. The van der Waals surface area contributed by atoms with Crippen LogP contribution in [0.3, 0.4) is 0 Å². The van der Waals surface area contributed by atoms with E-state index in [1.807, 2.05) is 38.8 Å². The lowest BCUT2D eigenvalue weighted by Gasteiger charge is -2.37. The van der Waals surface area contributed by atoms with Crippen LogP contribution in [0, 0.1) is 0 Å². The molecule has 0 radical (unpaired) electrons. The molecule has 1 aliphatic heterocycles. The van der Waals surface area contributed by atoms with Crippen LogP contribution in [0.5, 0.6) is 0 Å². The van der Waals surface area contributed by atoms with Crippen molar-refractivity contribution in [2.75, 3.05) is 6.61 Å². The first-order valence-corrected chi connectivity index (χ1v) is 12.1. The van der Waals surface area contributed by atoms with Gasteiger partial charge in [-0.1, -0.05) is 20.8 Å². The summed E-state index contributed by atoms with van der Waals surface area (Å²) in [6, 6.07) is -0.630. The number of alkyl halides is 3. The summed E-state index contributed by atoms with van der Waals surface area (Å²) in [6.07, 6.45) is -8.37. The third kappa shape index (κ3) is 5.20. The number of halogens is 3. The Kier molecular flexibility index (Phi) is 6.71. The first-order valence-electron chi connectivity index (χ1n) is 9.21. The molecule has 0 bridgehead atoms. The average Bonchev–Trinajstić information content (AvgIpc) is 2.87. The number of rotatable bonds is 5. The van der Waals surface area contributed by atoms with E-state index < -0.39 is 56.1 Å². The van der Waals surface area contributed by atoms with Gasteiger partial charge in [-0.05, 0) is 18.1 Å². The topological polar surface area (TPSA) is 123 Å². The number of nitrogens with zero attached hydrogens (tertiary/aromatic N) is 1. The van der Waals surface area contributed by atoms with Crippen molar-refractivity contribution in [1.82, 2.24) is 14.9 Å². The number of carbonyl (C=O) groups excluding carboxylic acids is 1. The van der Waals surface area contributed by atoms with Gasteiger partial charge in [0, 0.05) is 12.3 Å². The van der Waals surface area contributed by atoms with Gasteiger partial charge in [0.1, 0.15) is 18.2 Å². The van der Waals surface area contributed by atoms with Gasteiger partial charge in [0.15, 0.2) is 14.5 Å². The van der Waals surface area contributed by atoms with E-state index in [0.29, 0.717) is 0 Å². The summed E-state index contributed by atoms with van der Waals surface area (Å²) >= 11 is 0. The van der Waals surface area contributed by atoms with E-state index in [1.165, 1.54) is 0 Å². The Bertz CT molecular complexity index is 892. The number of amides is 1. The molecule has 0 aromatic carbocycles. The number of H-pyrrole nitrogens is 1. The third-order valence-corrected chi connectivity index (χ3v) is 9.97. The molecule has 1 aromatic rings. The van der Waals surface area contributed by atoms with Crippen LogP contribution in [0.25, 0.3) is 0 Å². The summed E-state index contributed by atoms with van der Waals surface area (Å²) in [5.41, 5.74) is -1.68. The standard InChI is InChI=1S/C17H26F3N3O6Si/c1-16(2,3)30(4,5)28-8-9-12(25)11(22-14(26)17(18,19)20)13(29-9)23-7-6-10(24)21-15(23)27/h6-7,9,11-13,25H,8H2,1-5H3,(H,22,26)(H,21,24,27)/t9-,11-,12-,13-/m1/s1. The summed E-state index contributed by atoms with van der Waals surface area (Å²) in [6.45, 7) is 9.70. The molecule has 2 heterocycles. The number of ether oxygens (including phenoxy) is 1. The lowest BCUT2D eigenvalue weighted by molar-refractivity contribution is -0.175. The highest BCUT2D eigenvalue weighted by atomic mass is 28.4. The molecule has 170 valence electrons. The van der Waals surface area contributed by atoms with Crippen molar-refractivity contribution in [3.8, 4) is 0 Å². The predicted molar refractivity (Wildman–Crippen MR) is 102 cm³/mol. The van der Waals surface area contributed by atoms with Crippen molar-refractivity contribution in [3.05, 3.63) is 33.1 Å². The van der Waals surface area contributed by atoms with Gasteiger partial charge in [-0.25, -0.2) is 4.79 Å². The summed E-state index contributed by atoms with van der Waals surface area (Å²) in [7, 11) is -2.28. The number of aromatic nitrogens is 2. The SMILES string of the molecule is CC(C)(C)[Si](C)(C)OC[C@H]1O[C@@H](n2ccc(=O)[nH]c2=O)[C@H](NC(=O)C(F)(F)F)[C@@H]1O. The highest BCUT2D eigenvalue weighted by Gasteiger charge is 2.50. The van der Waals surface area contributed by atoms with Crippen molar-refractivity contribution in [3.63, 3.8) is 0 Å². The minimum Gasteiger partial charge on any atom is -0.414 e. The largest absolute Gasteiger partial charge is 0.471 e. The first kappa shape index (κ1) is 24.3. The van der Waals surface area contributed by atoms with E-state index in [2.05, 4.69) is 0 Å². The Morgan fingerprint density at radius 1 is 1.33 bits per heavy atom. The summed E-state index contributed by atoms with van der Waals surface area (Å²) in [5, 5.41) is 12.1. The zero-order valence-corrected chi connectivity index (χ0v) is 18.2. The van der Waals surface area contributed by atoms with E-state index in [4.69, 9.17) is 9.16 Å². The van der Waals surface area contributed by atoms with Crippen molar-refractivity contribution in [2.24, 2.45) is 0 Å². The van der Waals surface area contributed by atoms with Gasteiger partial charge in [-0.2, -0.15) is 13.2 Å². The Hall–Kier alpha value is -1.96. The summed E-state index contributed by atoms with van der Waals surface area (Å²) in [5.74, 6) is -2.29. The normalized spacial score (nSPS) is 25.4. The molecular weight excluding hydrogens is 427 g/mol. The second-order valence-corrected chi connectivity index (χ2v) is 13.5. The number of aliphatic hydroxyl groups is 1. The van der Waals surface area contributed by atoms with Gasteiger partial charge in [0.2, 0.25) is 0 Å². The quantitative estimate of drug-likeness (QED) is 0.569. The highest BCUT2D eigenvalue weighted by molar-refractivity contribution is 6.74. The lowest BCUT2D eigenvalue weighted by Crippen LogP contribution is -2.52. The first-order chi connectivity index (χ1) is 13.5. The smallest absolute Gasteiger partial charge is 0.414 e. The zero-order valence-electron chi connectivity index (χ0n) is 17.2. The fourth-order valence-corrected chi connectivity index (χ4v) is 3.66. The minimum absolute atomic E-state index is 0.148. The number of hydrogen-bond donors (Lipinski definition) is 3. The van der Waals surface area contributed by atoms with Crippen LogP contribution in [-0.4, -0.2) is 59.9 Å². The zero-order chi connectivity index (χ0) is 23.1. The number of carbonyl (C=O) groups is 1. The number of nitrogens with one attached hydrogen (secondary N) is 2. The van der Waals surface area contributed by atoms with E-state index in [-0.39, 0.29) is 11.6 Å². The molecule has 1 saturated heterocycles. The molecule has 0 aliphatic carbocycles. The Morgan fingerprint density at radius 3 is 2.43 bits per heavy atom. The molecule has 1 fully saturated rings. The molecule has 13 heteroatoms. The predicted octanol–water partition coefficient (Wildman–Crippen LogP) is 0.864. The van der Waals surface area contributed by atoms with Crippen LogP contribution in [0.2, 0.25) is 18.1 Å². The van der Waals surface area contributed by atoms with Crippen LogP contribution >= 0.6 is 0 Å². The summed E-state index contributed by atoms with van der Waals surface area (Å²) < 4.78 is 50.7. The van der Waals surface area contributed by atoms with E-state index >= 15 is 0 Å². The maximum absolute atomic E-state index is 12.8. The second kappa shape index (κ2) is 8.28. The molecule has 0 unspecified atom stereocenters. The fourth-order valence-electron chi connectivity index (χ4n) is 2.65. The van der Waals surface area contributed by atoms with Crippen molar-refractivity contribution in [1.29, 1.82) is 0 Å². The van der Waals surface area contributed by atoms with E-state index in [1.54, 1.807) is 5.32 Å². The average molecular weight is 453 g/mol. The van der Waals surface area contributed by atoms with Crippen molar-refractivity contribution >= 4 is 14.2 Å². The van der Waals surface area contributed by atoms with Crippen LogP contribution in [0.4, 0.5) is 13.2 Å². The van der Waals surface area contributed by atoms with Crippen molar-refractivity contribution in [2.45, 2.75) is 69.6 Å². The molecule has 1 amide bonds. The van der Waals surface area contributed by atoms with Crippen LogP contribution in [-0.2, 0) is 14.0 Å². The van der Waals surface area contributed by atoms with Gasteiger partial charge < -0.3 is 19.6 Å². The third-order valence-electron chi connectivity index (χ3n) is 5.47. The summed E-state index contributed by atoms with van der Waals surface area (Å²) in [4.78, 5) is 36.8. The fraction of sp³-hybridized carbons (Fsp3) is 0.706. The molecular formula is C17H26F3N3O6Si. The second-order valence-electron chi connectivity index (χ2n) is 8.64. The lowest BCUT2D eigenvalue weighted by atomic mass is 10.1. The molecule has 1 aromatic heterocycles. The molecule has 30 heavy (non-hydrogen) atoms. The maximum atomic E-state index is 12.8. The van der Waals surface area contributed by atoms with Gasteiger partial charge in [-0.3, -0.25) is 19.1 Å². The van der Waals surface area contributed by atoms with E-state index in [9.17, 15) is 32.7 Å². The van der Waals surface area contributed by atoms with Gasteiger partial charge >= 0.3 is 17.8 Å². The molecule has 4 atom stereocenters. The van der Waals surface area contributed by atoms with Crippen LogP contribution < -0.4 is 16.6 Å². The Labute approximate surface area is 171 Å². The highest BCUT2D eigenvalue weighted by Crippen LogP contribution is 2.38. The molecule has 9 nitrogen and oxygen atoms in total. The number of hydrogen-bond acceptors (Lipinski definition) is 6. The monoisotopic (exact) mass is 453 g/mol. The van der Waals surface area contributed by atoms with Crippen LogP contribution in [0.15, 0.2) is 21.9 Å². The Morgan fingerprint density at radius 2 is 1.93 bits per heavy atom. The van der Waals surface area contributed by atoms with Gasteiger partial charge in [0.05, 0.1) is 6.61 Å². The Balaban J connectivity index is 2.32. The molecule has 1 aliphatic rings. The van der Waals surface area contributed by atoms with E-state index in [0.717, 1.165) is 16.8 Å². The van der Waals surface area contributed by atoms with Crippen LogP contribution in [0.1, 0.15) is 27.0 Å². The van der Waals surface area contributed by atoms with Gasteiger partial charge in [-0.15, -0.1) is 0 Å². The van der Waals surface area contributed by atoms with Crippen molar-refractivity contribution < 1.29 is 32.2 Å². The van der Waals surface area contributed by atoms with Gasteiger partial charge in [0.25, 0.3) is 5.56 Å². The molecule has 0 saturated carbocycles. The number of aromatic amines is 1. The minimum atomic E-state index is -5.20. The molecule has 2 rings (SSSR count). The molecule has 3 N–H and O–H groups in total.